The van der Waals surface area contributed by atoms with Crippen LogP contribution >= 0.6 is 0 Å². The zero-order valence-electron chi connectivity index (χ0n) is 39.7. The summed E-state index contributed by atoms with van der Waals surface area (Å²) >= 11 is 0. The molecule has 0 bridgehead atoms. The van der Waals surface area contributed by atoms with Crippen LogP contribution in [0.25, 0.3) is 0 Å². The molecule has 3 heterocycles. The van der Waals surface area contributed by atoms with Gasteiger partial charge in [0, 0.05) is 0 Å². The standard InChI is InChI=1S/C48H76O19/c1-20-10-15-47(43(61)67-40-36(57)34(55)32(53)25(19-50)64-40)16-17-48(42(59)60)23(29(47)21(20)2)8-9-27-45(6)13-12-28(44(4,5)26(45)11-14-46(27,48)7)65-41-37(58)38(30(51)22(3)62-41)66-39-35(56)33(54)31(52)24(18-49)63-39/h8,20-22,24-41,49-58H,9-19H2,1-7H3,(H,59,60)/t20-,21+,22-,24-,25-,26+,27-,28+,29+,30-,31-,32-,33+,34+,35-,36-,37+,38+,39+,40+,41+,45+,46-,47+,48-/m1/s1. The molecule has 5 aliphatic carbocycles. The second-order valence-electron chi connectivity index (χ2n) is 22.8. The molecule has 3 saturated heterocycles. The molecule has 0 spiro atoms. The highest BCUT2D eigenvalue weighted by atomic mass is 16.7. The van der Waals surface area contributed by atoms with Crippen LogP contribution in [0.1, 0.15) is 106 Å². The number of aliphatic hydroxyl groups is 10. The molecule has 0 unspecified atom stereocenters. The van der Waals surface area contributed by atoms with Crippen LogP contribution in [0.4, 0.5) is 0 Å². The Balaban J connectivity index is 1.05. The zero-order valence-corrected chi connectivity index (χ0v) is 39.7. The number of fused-ring (bicyclic) bond motifs is 7. The van der Waals surface area contributed by atoms with Gasteiger partial charge >= 0.3 is 11.9 Å². The topological polar surface area (TPSA) is 312 Å². The highest BCUT2D eigenvalue weighted by molar-refractivity contribution is 5.85. The Labute approximate surface area is 391 Å². The fourth-order valence-electron chi connectivity index (χ4n) is 15.3. The van der Waals surface area contributed by atoms with Gasteiger partial charge in [-0.25, -0.2) is 0 Å². The maximum Gasteiger partial charge on any atom is 0.315 e. The number of hydrogen-bond acceptors (Lipinski definition) is 18. The number of rotatable bonds is 9. The average Bonchev–Trinajstić information content (AvgIpc) is 3.28. The van der Waals surface area contributed by atoms with E-state index < -0.39 is 151 Å². The van der Waals surface area contributed by atoms with Crippen molar-refractivity contribution in [2.45, 2.75) is 204 Å². The highest BCUT2D eigenvalue weighted by Crippen LogP contribution is 2.76. The largest absolute Gasteiger partial charge is 0.481 e. The summed E-state index contributed by atoms with van der Waals surface area (Å²) in [5, 5.41) is 117. The Kier molecular flexibility index (Phi) is 14.0. The van der Waals surface area contributed by atoms with Crippen molar-refractivity contribution in [2.24, 2.45) is 56.7 Å². The van der Waals surface area contributed by atoms with Crippen molar-refractivity contribution in [3.8, 4) is 0 Å². The fourth-order valence-corrected chi connectivity index (χ4v) is 15.3. The molecule has 0 radical (unpaired) electrons. The van der Waals surface area contributed by atoms with Crippen molar-refractivity contribution >= 4 is 11.9 Å². The minimum Gasteiger partial charge on any atom is -0.481 e. The number of hydrogen-bond donors (Lipinski definition) is 11. The van der Waals surface area contributed by atoms with E-state index in [1.807, 2.05) is 0 Å². The van der Waals surface area contributed by atoms with Crippen LogP contribution in [0, 0.1) is 56.7 Å². The van der Waals surface area contributed by atoms with E-state index in [1.54, 1.807) is 6.92 Å². The normalized spacial score (nSPS) is 54.0. The molecule has 4 saturated carbocycles. The average molecular weight is 957 g/mol. The second kappa shape index (κ2) is 18.3. The molecule has 382 valence electrons. The molecule has 25 atom stereocenters. The summed E-state index contributed by atoms with van der Waals surface area (Å²) < 4.78 is 35.7. The lowest BCUT2D eigenvalue weighted by molar-refractivity contribution is -0.366. The molecular weight excluding hydrogens is 881 g/mol. The van der Waals surface area contributed by atoms with Gasteiger partial charge in [-0.15, -0.1) is 0 Å². The van der Waals surface area contributed by atoms with Crippen LogP contribution in [-0.2, 0) is 38.0 Å². The van der Waals surface area contributed by atoms with E-state index in [9.17, 15) is 65.8 Å². The highest BCUT2D eigenvalue weighted by Gasteiger charge is 2.74. The predicted octanol–water partition coefficient (Wildman–Crippen LogP) is 0.0887. The summed E-state index contributed by atoms with van der Waals surface area (Å²) in [6, 6.07) is 0. The summed E-state index contributed by atoms with van der Waals surface area (Å²) in [5.41, 5.74) is -3.41. The van der Waals surface area contributed by atoms with E-state index in [2.05, 4.69) is 47.6 Å². The van der Waals surface area contributed by atoms with Crippen molar-refractivity contribution in [3.63, 3.8) is 0 Å². The van der Waals surface area contributed by atoms with Gasteiger partial charge in [0.2, 0.25) is 6.29 Å². The lowest BCUT2D eigenvalue weighted by Crippen LogP contribution is -2.68. The van der Waals surface area contributed by atoms with Gasteiger partial charge in [-0.1, -0.05) is 53.2 Å². The third-order valence-electron chi connectivity index (χ3n) is 19.4. The van der Waals surface area contributed by atoms with E-state index in [0.717, 1.165) is 5.57 Å². The van der Waals surface area contributed by atoms with Crippen LogP contribution in [0.2, 0.25) is 0 Å². The van der Waals surface area contributed by atoms with E-state index in [4.69, 9.17) is 28.4 Å². The summed E-state index contributed by atoms with van der Waals surface area (Å²) in [5.74, 6) is -2.15. The Morgan fingerprint density at radius 3 is 1.87 bits per heavy atom. The van der Waals surface area contributed by atoms with Gasteiger partial charge in [0.15, 0.2) is 12.6 Å². The molecule has 0 aromatic heterocycles. The maximum absolute atomic E-state index is 14.7. The predicted molar refractivity (Wildman–Crippen MR) is 231 cm³/mol. The first kappa shape index (κ1) is 51.4. The number of carbonyl (C=O) groups is 2. The maximum atomic E-state index is 14.7. The van der Waals surface area contributed by atoms with Crippen LogP contribution in [0.3, 0.4) is 0 Å². The molecule has 19 nitrogen and oxygen atoms in total. The molecule has 19 heteroatoms. The fraction of sp³-hybridized carbons (Fsp3) is 0.917. The Morgan fingerprint density at radius 2 is 1.25 bits per heavy atom. The molecule has 3 aliphatic heterocycles. The van der Waals surface area contributed by atoms with Crippen LogP contribution < -0.4 is 0 Å². The molecule has 8 aliphatic rings. The third kappa shape index (κ3) is 7.70. The monoisotopic (exact) mass is 956 g/mol. The SMILES string of the molecule is C[C@H]1[C@H](C)CC[C@]2(C(=O)O[C@@H]3O[C@H](CO)[C@@H](O)[C@H](O)[C@H]3O)CC[C@]3(C(=O)O)C(=CC[C@@H]4[C@@]5(C)CC[C@H](O[C@@H]6O[C@H](C)[C@@H](O)[C@H](O[C@@H]7O[C@H](CO)[C@@H](O)[C@H](O)[C@H]7O)[C@@H]6O)C(C)(C)[C@@H]5CC[C@]43C)[C@H]12. The van der Waals surface area contributed by atoms with E-state index >= 15 is 0 Å². The number of esters is 1. The Bertz CT molecular complexity index is 1860. The van der Waals surface area contributed by atoms with Gasteiger partial charge in [-0.05, 0) is 111 Å². The minimum atomic E-state index is -1.78. The van der Waals surface area contributed by atoms with E-state index in [1.165, 1.54) is 0 Å². The number of aliphatic carboxylic acids is 1. The molecule has 11 N–H and O–H groups in total. The minimum absolute atomic E-state index is 0.0207. The number of ether oxygens (including phenoxy) is 6. The summed E-state index contributed by atoms with van der Waals surface area (Å²) in [7, 11) is 0. The van der Waals surface area contributed by atoms with Gasteiger partial charge < -0.3 is 84.6 Å². The molecule has 0 amide bonds. The summed E-state index contributed by atoms with van der Waals surface area (Å²) in [4.78, 5) is 29.1. The van der Waals surface area contributed by atoms with Crippen LogP contribution in [0.5, 0.6) is 0 Å². The number of aliphatic hydroxyl groups excluding tert-OH is 10. The van der Waals surface area contributed by atoms with Gasteiger partial charge in [-0.3, -0.25) is 9.59 Å². The first-order valence-electron chi connectivity index (χ1n) is 24.5. The molecular formula is C48H76O19. The third-order valence-corrected chi connectivity index (χ3v) is 19.4. The van der Waals surface area contributed by atoms with Crippen molar-refractivity contribution in [1.29, 1.82) is 0 Å². The summed E-state index contributed by atoms with van der Waals surface area (Å²) in [6.45, 7) is 13.0. The smallest absolute Gasteiger partial charge is 0.315 e. The first-order valence-corrected chi connectivity index (χ1v) is 24.5. The van der Waals surface area contributed by atoms with Crippen molar-refractivity contribution in [2.75, 3.05) is 13.2 Å². The van der Waals surface area contributed by atoms with Crippen LogP contribution in [-0.4, -0.2) is 180 Å². The zero-order chi connectivity index (χ0) is 49.1. The number of carbonyl (C=O) groups excluding carboxylic acids is 1. The van der Waals surface area contributed by atoms with Crippen molar-refractivity contribution in [1.82, 2.24) is 0 Å². The molecule has 0 aromatic rings. The van der Waals surface area contributed by atoms with Gasteiger partial charge in [0.25, 0.3) is 0 Å². The number of allylic oxidation sites excluding steroid dienone is 1. The lowest BCUT2D eigenvalue weighted by Gasteiger charge is -2.70. The number of carboxylic acid groups (broad SMARTS) is 1. The molecule has 8 rings (SSSR count). The quantitative estimate of drug-likeness (QED) is 0.0829. The van der Waals surface area contributed by atoms with Gasteiger partial charge in [0.1, 0.15) is 67.1 Å². The lowest BCUT2D eigenvalue weighted by atomic mass is 9.33. The molecule has 0 aromatic carbocycles. The van der Waals surface area contributed by atoms with E-state index in [-0.39, 0.29) is 41.9 Å². The van der Waals surface area contributed by atoms with Gasteiger partial charge in [0.05, 0.1) is 36.3 Å². The summed E-state index contributed by atoms with van der Waals surface area (Å²) in [6.07, 6.45) is -16.6. The Hall–Kier alpha value is -1.92. The van der Waals surface area contributed by atoms with Crippen molar-refractivity contribution in [3.05, 3.63) is 11.6 Å². The van der Waals surface area contributed by atoms with Crippen LogP contribution in [0.15, 0.2) is 11.6 Å². The van der Waals surface area contributed by atoms with Crippen molar-refractivity contribution < 1.29 is 94.2 Å². The first-order chi connectivity index (χ1) is 31.4. The number of carboxylic acids is 1. The van der Waals surface area contributed by atoms with E-state index in [0.29, 0.717) is 44.9 Å². The van der Waals surface area contributed by atoms with Gasteiger partial charge in [-0.2, -0.15) is 0 Å². The Morgan fingerprint density at radius 1 is 0.657 bits per heavy atom. The molecule has 7 fully saturated rings. The molecule has 67 heavy (non-hydrogen) atoms. The second-order valence-corrected chi connectivity index (χ2v) is 22.8.